The van der Waals surface area contributed by atoms with Crippen LogP contribution in [0.25, 0.3) is 62.1 Å². The summed E-state index contributed by atoms with van der Waals surface area (Å²) in [4.78, 5) is 10.5. The van der Waals surface area contributed by atoms with Gasteiger partial charge in [0.1, 0.15) is 11.4 Å². The van der Waals surface area contributed by atoms with Crippen LogP contribution in [0.4, 0.5) is 0 Å². The van der Waals surface area contributed by atoms with Crippen molar-refractivity contribution in [2.75, 3.05) is 0 Å². The molecule has 0 radical (unpaired) electrons. The molecule has 7 aromatic rings. The van der Waals surface area contributed by atoms with Crippen LogP contribution < -0.4 is 23.2 Å². The normalized spacial score (nSPS) is 11.0. The summed E-state index contributed by atoms with van der Waals surface area (Å²) in [5, 5.41) is 0. The van der Waals surface area contributed by atoms with E-state index in [-0.39, 0.29) is 0 Å². The summed E-state index contributed by atoms with van der Waals surface area (Å²) < 4.78 is 36.2. The maximum atomic E-state index is 8.49. The molecule has 0 fully saturated rings. The molecule has 0 saturated heterocycles. The van der Waals surface area contributed by atoms with Crippen molar-refractivity contribution in [3.8, 4) is 62.1 Å². The van der Waals surface area contributed by atoms with Gasteiger partial charge < -0.3 is 0 Å². The second kappa shape index (κ2) is 14.3. The van der Waals surface area contributed by atoms with Crippen LogP contribution in [0, 0.1) is 10.2 Å². The van der Waals surface area contributed by atoms with Gasteiger partial charge >= 0.3 is 5.95 Å². The quantitative estimate of drug-likeness (QED) is 0.250. The van der Waals surface area contributed by atoms with Crippen LogP contribution in [0.2, 0.25) is 0 Å². The number of nitrogens with zero attached hydrogens (tertiary/aromatic N) is 3. The van der Waals surface area contributed by atoms with Gasteiger partial charge in [-0.1, -0.05) is 162 Å². The lowest BCUT2D eigenvalue weighted by molar-refractivity contribution is -2.00. The van der Waals surface area contributed by atoms with Crippen LogP contribution >= 0.6 is 0 Å². The molecule has 7 rings (SSSR count). The lowest BCUT2D eigenvalue weighted by Gasteiger charge is -2.17. The Bertz CT molecular complexity index is 1940. The third-order valence-corrected chi connectivity index (χ3v) is 7.37. The minimum absolute atomic E-state index is 0.618. The van der Waals surface area contributed by atoms with Crippen LogP contribution in [0.1, 0.15) is 0 Å². The van der Waals surface area contributed by atoms with Crippen molar-refractivity contribution >= 4 is 0 Å². The summed E-state index contributed by atoms with van der Waals surface area (Å²) in [6.07, 6.45) is 0. The van der Waals surface area contributed by atoms with E-state index in [1.165, 1.54) is 0 Å². The van der Waals surface area contributed by atoms with E-state index in [2.05, 4.69) is 126 Å². The minimum atomic E-state index is -4.94. The maximum absolute atomic E-state index is 8.49. The summed E-state index contributed by atoms with van der Waals surface area (Å²) >= 11 is 0. The van der Waals surface area contributed by atoms with E-state index in [0.29, 0.717) is 5.95 Å². The number of halogens is 1. The number of aromatic nitrogens is 3. The molecule has 47 heavy (non-hydrogen) atoms. The Labute approximate surface area is 274 Å². The van der Waals surface area contributed by atoms with Crippen molar-refractivity contribution in [1.82, 2.24) is 9.97 Å². The standard InChI is InChI=1S/C39H28N3.ClHO4/c1-6-16-29(17-7-1)34-26-37(32-22-12-4-13-23-32)42(38(27-34)33-24-14-5-15-25-33)39-40-35(30-18-8-2-9-19-30)28-36(41-39)31-20-10-3-11-21-31;2-1(3,4)5/h1-28H;(H,2,3,4,5)/q+1;/p-1. The van der Waals surface area contributed by atoms with Gasteiger partial charge in [-0.3, -0.25) is 0 Å². The molecule has 0 atom stereocenters. The Morgan fingerprint density at radius 1 is 0.362 bits per heavy atom. The maximum Gasteiger partial charge on any atom is 0.439 e. The van der Waals surface area contributed by atoms with E-state index in [1.54, 1.807) is 0 Å². The molecule has 0 aliphatic heterocycles. The van der Waals surface area contributed by atoms with Crippen molar-refractivity contribution in [2.24, 2.45) is 0 Å². The lowest BCUT2D eigenvalue weighted by Crippen LogP contribution is -2.68. The Hall–Kier alpha value is -5.54. The van der Waals surface area contributed by atoms with E-state index in [4.69, 9.17) is 28.6 Å². The first-order valence-electron chi connectivity index (χ1n) is 14.7. The third-order valence-electron chi connectivity index (χ3n) is 7.37. The molecule has 7 nitrogen and oxygen atoms in total. The average molecular weight is 638 g/mol. The fourth-order valence-corrected chi connectivity index (χ4v) is 5.30. The Balaban J connectivity index is 0.000000720. The van der Waals surface area contributed by atoms with Gasteiger partial charge in [0.2, 0.25) is 0 Å². The molecule has 230 valence electrons. The van der Waals surface area contributed by atoms with Gasteiger partial charge in [0, 0.05) is 28.3 Å². The van der Waals surface area contributed by atoms with Gasteiger partial charge in [-0.05, 0) is 23.3 Å². The lowest BCUT2D eigenvalue weighted by atomic mass is 9.99. The van der Waals surface area contributed by atoms with E-state index < -0.39 is 10.2 Å². The van der Waals surface area contributed by atoms with Crippen LogP contribution in [0.15, 0.2) is 170 Å². The number of benzene rings is 5. The Morgan fingerprint density at radius 3 is 1.00 bits per heavy atom. The molecule has 0 amide bonds. The molecule has 2 aromatic heterocycles. The van der Waals surface area contributed by atoms with Crippen LogP contribution in [-0.2, 0) is 0 Å². The van der Waals surface area contributed by atoms with Crippen LogP contribution in [-0.4, -0.2) is 9.97 Å². The molecule has 0 spiro atoms. The zero-order chi connectivity index (χ0) is 32.6. The van der Waals surface area contributed by atoms with Crippen LogP contribution in [0.3, 0.4) is 0 Å². The zero-order valence-corrected chi connectivity index (χ0v) is 25.8. The number of hydrogen-bond acceptors (Lipinski definition) is 6. The van der Waals surface area contributed by atoms with E-state index in [9.17, 15) is 0 Å². The summed E-state index contributed by atoms with van der Waals surface area (Å²) in [6, 6.07) is 58.7. The van der Waals surface area contributed by atoms with Crippen LogP contribution in [0.5, 0.6) is 0 Å². The highest BCUT2D eigenvalue weighted by atomic mass is 35.7. The first-order valence-corrected chi connectivity index (χ1v) is 16.0. The number of pyridine rings is 1. The predicted octanol–water partition coefficient (Wildman–Crippen LogP) is 4.33. The molecular weight excluding hydrogens is 610 g/mol. The molecule has 0 aliphatic carbocycles. The average Bonchev–Trinajstić information content (AvgIpc) is 3.12. The van der Waals surface area contributed by atoms with E-state index in [0.717, 1.165) is 56.2 Å². The van der Waals surface area contributed by atoms with E-state index in [1.807, 2.05) is 48.5 Å². The smallest absolute Gasteiger partial charge is 0.222 e. The predicted molar refractivity (Wildman–Crippen MR) is 171 cm³/mol. The highest BCUT2D eigenvalue weighted by Crippen LogP contribution is 2.31. The summed E-state index contributed by atoms with van der Waals surface area (Å²) in [5.41, 5.74) is 10.3. The fraction of sp³-hybridized carbons (Fsp3) is 0. The SMILES string of the molecule is [O-][Cl+3]([O-])([O-])[O-].c1ccc(-c2cc(-c3ccccc3)[n+](-c3nc(-c4ccccc4)cc(-c4ccccc4)n3)c(-c3ccccc3)c2)cc1. The topological polar surface area (TPSA) is 122 Å². The molecule has 0 bridgehead atoms. The fourth-order valence-electron chi connectivity index (χ4n) is 5.30. The number of rotatable bonds is 6. The van der Waals surface area contributed by atoms with Crippen molar-refractivity contribution in [3.05, 3.63) is 170 Å². The third kappa shape index (κ3) is 8.01. The van der Waals surface area contributed by atoms with Gasteiger partial charge in [0.05, 0.1) is 0 Å². The molecule has 0 N–H and O–H groups in total. The second-order valence-corrected chi connectivity index (χ2v) is 11.3. The van der Waals surface area contributed by atoms with Crippen molar-refractivity contribution in [2.45, 2.75) is 0 Å². The van der Waals surface area contributed by atoms with Gasteiger partial charge in [0.15, 0.2) is 11.4 Å². The largest absolute Gasteiger partial charge is 0.439 e. The number of hydrogen-bond donors (Lipinski definition) is 0. The van der Waals surface area contributed by atoms with E-state index >= 15 is 0 Å². The molecule has 8 heteroatoms. The zero-order valence-electron chi connectivity index (χ0n) is 25.0. The van der Waals surface area contributed by atoms with Gasteiger partial charge in [-0.15, -0.1) is 10.2 Å². The molecule has 0 aliphatic rings. The molecule has 2 heterocycles. The van der Waals surface area contributed by atoms with Crippen molar-refractivity contribution in [3.63, 3.8) is 0 Å². The monoisotopic (exact) mass is 637 g/mol. The summed E-state index contributed by atoms with van der Waals surface area (Å²) in [7, 11) is -4.94. The Morgan fingerprint density at radius 2 is 0.660 bits per heavy atom. The molecular formula is C39H28ClN3O4. The molecule has 5 aromatic carbocycles. The Kier molecular flexibility index (Phi) is 9.54. The first-order chi connectivity index (χ1) is 22.8. The van der Waals surface area contributed by atoms with Gasteiger partial charge in [-0.2, -0.15) is 4.57 Å². The first kappa shape index (κ1) is 31.4. The second-order valence-electron chi connectivity index (χ2n) is 10.5. The van der Waals surface area contributed by atoms with Crippen molar-refractivity contribution in [1.29, 1.82) is 0 Å². The highest BCUT2D eigenvalue weighted by molar-refractivity contribution is 5.75. The van der Waals surface area contributed by atoms with Crippen molar-refractivity contribution < 1.29 is 33.4 Å². The van der Waals surface area contributed by atoms with Gasteiger partial charge in [0.25, 0.3) is 0 Å². The summed E-state index contributed by atoms with van der Waals surface area (Å²) in [5.74, 6) is 0.618. The van der Waals surface area contributed by atoms with Gasteiger partial charge in [-0.25, -0.2) is 18.6 Å². The minimum Gasteiger partial charge on any atom is -0.222 e. The molecule has 0 unspecified atom stereocenters. The molecule has 0 saturated carbocycles. The highest BCUT2D eigenvalue weighted by Gasteiger charge is 2.26. The summed E-state index contributed by atoms with van der Waals surface area (Å²) in [6.45, 7) is 0.